The zero-order valence-electron chi connectivity index (χ0n) is 15.6. The van der Waals surface area contributed by atoms with Gasteiger partial charge in [0.1, 0.15) is 5.82 Å². The molecule has 3 aromatic rings. The third-order valence-electron chi connectivity index (χ3n) is 3.89. The molecule has 2 aromatic heterocycles. The zero-order chi connectivity index (χ0) is 18.5. The topological polar surface area (TPSA) is 56.5 Å². The lowest BCUT2D eigenvalue weighted by molar-refractivity contribution is 0.659. The van der Waals surface area contributed by atoms with E-state index >= 15 is 0 Å². The van der Waals surface area contributed by atoms with E-state index in [-0.39, 0.29) is 0 Å². The minimum Gasteiger partial charge on any atom is -0.306 e. The van der Waals surface area contributed by atoms with Crippen LogP contribution in [0.25, 0.3) is 0 Å². The van der Waals surface area contributed by atoms with Crippen LogP contribution < -0.4 is 0 Å². The van der Waals surface area contributed by atoms with Crippen molar-refractivity contribution in [2.24, 2.45) is 0 Å². The molecule has 0 N–H and O–H groups in total. The van der Waals surface area contributed by atoms with Gasteiger partial charge in [0.25, 0.3) is 0 Å². The molecule has 0 radical (unpaired) electrons. The Kier molecular flexibility index (Phi) is 6.32. The van der Waals surface area contributed by atoms with Crippen molar-refractivity contribution in [3.63, 3.8) is 0 Å². The molecule has 136 valence electrons. The van der Waals surface area contributed by atoms with Crippen LogP contribution in [0, 0.1) is 20.8 Å². The smallest absolute Gasteiger partial charge is 0.191 e. The van der Waals surface area contributed by atoms with Crippen molar-refractivity contribution in [2.45, 2.75) is 56.1 Å². The number of nitrogens with zero attached hydrogens (tertiary/aromatic N) is 5. The van der Waals surface area contributed by atoms with Gasteiger partial charge in [-0.25, -0.2) is 9.97 Å². The van der Waals surface area contributed by atoms with Gasteiger partial charge in [0.05, 0.1) is 5.75 Å². The third-order valence-corrected chi connectivity index (χ3v) is 5.77. The van der Waals surface area contributed by atoms with Gasteiger partial charge in [0, 0.05) is 23.7 Å². The van der Waals surface area contributed by atoms with Gasteiger partial charge in [-0.15, -0.1) is 10.2 Å². The maximum atomic E-state index is 4.48. The SMILES string of the molecule is CCn1c(CSc2nc(C)cc(C)n2)nnc1SCc1ccc(C)cc1. The highest BCUT2D eigenvalue weighted by molar-refractivity contribution is 7.98. The van der Waals surface area contributed by atoms with Gasteiger partial charge in [-0.05, 0) is 39.3 Å². The second kappa shape index (κ2) is 8.68. The van der Waals surface area contributed by atoms with E-state index in [1.54, 1.807) is 23.5 Å². The van der Waals surface area contributed by atoms with Gasteiger partial charge < -0.3 is 4.57 Å². The number of hydrogen-bond donors (Lipinski definition) is 0. The van der Waals surface area contributed by atoms with Crippen molar-refractivity contribution >= 4 is 23.5 Å². The van der Waals surface area contributed by atoms with E-state index in [2.05, 4.69) is 62.8 Å². The predicted molar refractivity (Wildman–Crippen MR) is 108 cm³/mol. The molecule has 0 spiro atoms. The van der Waals surface area contributed by atoms with Crippen molar-refractivity contribution in [1.29, 1.82) is 0 Å². The van der Waals surface area contributed by atoms with E-state index < -0.39 is 0 Å². The summed E-state index contributed by atoms with van der Waals surface area (Å²) < 4.78 is 2.18. The molecule has 2 heterocycles. The summed E-state index contributed by atoms with van der Waals surface area (Å²) in [4.78, 5) is 8.97. The van der Waals surface area contributed by atoms with Crippen molar-refractivity contribution in [3.05, 3.63) is 58.7 Å². The van der Waals surface area contributed by atoms with Crippen LogP contribution in [0.15, 0.2) is 40.6 Å². The van der Waals surface area contributed by atoms with Crippen LogP contribution in [-0.4, -0.2) is 24.7 Å². The molecule has 1 aromatic carbocycles. The van der Waals surface area contributed by atoms with E-state index in [1.165, 1.54) is 11.1 Å². The highest BCUT2D eigenvalue weighted by Gasteiger charge is 2.13. The van der Waals surface area contributed by atoms with Crippen molar-refractivity contribution in [2.75, 3.05) is 0 Å². The molecular weight excluding hydrogens is 362 g/mol. The Labute approximate surface area is 163 Å². The van der Waals surface area contributed by atoms with Gasteiger partial charge in [-0.3, -0.25) is 0 Å². The Bertz CT molecular complexity index is 854. The highest BCUT2D eigenvalue weighted by atomic mass is 32.2. The van der Waals surface area contributed by atoms with Gasteiger partial charge in [0.2, 0.25) is 0 Å². The molecule has 0 unspecified atom stereocenters. The quantitative estimate of drug-likeness (QED) is 0.438. The predicted octanol–water partition coefficient (Wildman–Crippen LogP) is 4.60. The van der Waals surface area contributed by atoms with Gasteiger partial charge in [0.15, 0.2) is 10.3 Å². The molecule has 0 bridgehead atoms. The Morgan fingerprint density at radius 1 is 0.885 bits per heavy atom. The largest absolute Gasteiger partial charge is 0.306 e. The summed E-state index contributed by atoms with van der Waals surface area (Å²) in [5.74, 6) is 2.58. The summed E-state index contributed by atoms with van der Waals surface area (Å²) in [6.45, 7) is 9.07. The van der Waals surface area contributed by atoms with Crippen LogP contribution in [0.5, 0.6) is 0 Å². The van der Waals surface area contributed by atoms with Crippen LogP contribution >= 0.6 is 23.5 Å². The fraction of sp³-hybridized carbons (Fsp3) is 0.368. The lowest BCUT2D eigenvalue weighted by Crippen LogP contribution is -2.03. The Hall–Kier alpha value is -1.86. The first-order valence-corrected chi connectivity index (χ1v) is 10.6. The van der Waals surface area contributed by atoms with E-state index in [1.807, 2.05) is 19.9 Å². The van der Waals surface area contributed by atoms with Crippen LogP contribution in [0.2, 0.25) is 0 Å². The highest BCUT2D eigenvalue weighted by Crippen LogP contribution is 2.25. The minimum absolute atomic E-state index is 0.717. The van der Waals surface area contributed by atoms with Crippen molar-refractivity contribution in [3.8, 4) is 0 Å². The monoisotopic (exact) mass is 385 g/mol. The molecular formula is C19H23N5S2. The van der Waals surface area contributed by atoms with E-state index in [9.17, 15) is 0 Å². The van der Waals surface area contributed by atoms with Crippen LogP contribution in [0.1, 0.15) is 35.3 Å². The fourth-order valence-corrected chi connectivity index (χ4v) is 4.44. The Morgan fingerprint density at radius 3 is 2.23 bits per heavy atom. The summed E-state index contributed by atoms with van der Waals surface area (Å²) in [6.07, 6.45) is 0. The maximum absolute atomic E-state index is 4.48. The summed E-state index contributed by atoms with van der Waals surface area (Å²) >= 11 is 3.33. The lowest BCUT2D eigenvalue weighted by atomic mass is 10.2. The van der Waals surface area contributed by atoms with E-state index in [4.69, 9.17) is 0 Å². The zero-order valence-corrected chi connectivity index (χ0v) is 17.2. The first-order valence-electron chi connectivity index (χ1n) is 8.60. The molecule has 0 aliphatic rings. The standard InChI is InChI=1S/C19H23N5S2/c1-5-24-17(12-25-18-20-14(3)10-15(4)21-18)22-23-19(24)26-11-16-8-6-13(2)7-9-16/h6-10H,5,11-12H2,1-4H3. The van der Waals surface area contributed by atoms with Crippen molar-refractivity contribution in [1.82, 2.24) is 24.7 Å². The summed E-state index contributed by atoms with van der Waals surface area (Å²) in [5, 5.41) is 10.5. The molecule has 7 heteroatoms. The van der Waals surface area contributed by atoms with Crippen LogP contribution in [0.3, 0.4) is 0 Å². The molecule has 3 rings (SSSR count). The number of thioether (sulfide) groups is 2. The average molecular weight is 386 g/mol. The maximum Gasteiger partial charge on any atom is 0.191 e. The van der Waals surface area contributed by atoms with Gasteiger partial charge >= 0.3 is 0 Å². The number of hydrogen-bond acceptors (Lipinski definition) is 6. The molecule has 0 saturated heterocycles. The first kappa shape index (κ1) is 18.9. The molecule has 26 heavy (non-hydrogen) atoms. The third kappa shape index (κ3) is 4.86. The second-order valence-electron chi connectivity index (χ2n) is 6.14. The van der Waals surface area contributed by atoms with Gasteiger partial charge in [-0.2, -0.15) is 0 Å². The molecule has 5 nitrogen and oxygen atoms in total. The summed E-state index contributed by atoms with van der Waals surface area (Å²) in [6, 6.07) is 10.6. The number of aryl methyl sites for hydroxylation is 3. The normalized spacial score (nSPS) is 11.1. The van der Waals surface area contributed by atoms with E-state index in [0.29, 0.717) is 0 Å². The summed E-state index contributed by atoms with van der Waals surface area (Å²) in [5.41, 5.74) is 4.56. The first-order chi connectivity index (χ1) is 12.5. The van der Waals surface area contributed by atoms with Gasteiger partial charge in [-0.1, -0.05) is 53.4 Å². The molecule has 0 atom stereocenters. The molecule has 0 aliphatic carbocycles. The molecule has 0 amide bonds. The van der Waals surface area contributed by atoms with Crippen LogP contribution in [0.4, 0.5) is 0 Å². The second-order valence-corrected chi connectivity index (χ2v) is 8.02. The Balaban J connectivity index is 1.66. The summed E-state index contributed by atoms with van der Waals surface area (Å²) in [7, 11) is 0. The van der Waals surface area contributed by atoms with Crippen LogP contribution in [-0.2, 0) is 18.1 Å². The molecule has 0 aliphatic heterocycles. The average Bonchev–Trinajstić information content (AvgIpc) is 3.00. The van der Waals surface area contributed by atoms with E-state index in [0.717, 1.165) is 45.6 Å². The number of aromatic nitrogens is 5. The minimum atomic E-state index is 0.717. The molecule has 0 fully saturated rings. The molecule has 0 saturated carbocycles. The number of rotatable bonds is 7. The van der Waals surface area contributed by atoms with Crippen molar-refractivity contribution < 1.29 is 0 Å². The Morgan fingerprint density at radius 2 is 1.58 bits per heavy atom. The lowest BCUT2D eigenvalue weighted by Gasteiger charge is -2.07. The number of benzene rings is 1. The fourth-order valence-electron chi connectivity index (χ4n) is 2.57.